The molecular weight excluding hydrogens is 560 g/mol. The summed E-state index contributed by atoms with van der Waals surface area (Å²) in [6.45, 7) is 3.40. The number of anilines is 1. The van der Waals surface area contributed by atoms with Gasteiger partial charge in [0.25, 0.3) is 0 Å². The molecule has 0 bridgehead atoms. The number of amides is 6. The molecule has 14 heteroatoms. The van der Waals surface area contributed by atoms with Crippen LogP contribution in [0.3, 0.4) is 0 Å². The molecule has 0 radical (unpaired) electrons. The number of aliphatic hydroxyl groups is 2. The van der Waals surface area contributed by atoms with E-state index in [-0.39, 0.29) is 43.4 Å². The van der Waals surface area contributed by atoms with Crippen LogP contribution in [0.1, 0.15) is 57.9 Å². The first kappa shape index (κ1) is 36.7. The monoisotopic (exact) mass is 604 g/mol. The molecule has 6 amide bonds. The first-order valence-electron chi connectivity index (χ1n) is 14.2. The summed E-state index contributed by atoms with van der Waals surface area (Å²) in [6.07, 6.45) is 3.83. The van der Waals surface area contributed by atoms with Crippen molar-refractivity contribution in [2.45, 2.75) is 71.1 Å². The highest BCUT2D eigenvalue weighted by Gasteiger charge is 2.28. The van der Waals surface area contributed by atoms with Crippen LogP contribution < -0.4 is 32.3 Å². The van der Waals surface area contributed by atoms with E-state index in [0.717, 1.165) is 6.08 Å². The maximum absolute atomic E-state index is 13.2. The molecule has 0 aromatic heterocycles. The van der Waals surface area contributed by atoms with Gasteiger partial charge in [-0.15, -0.1) is 0 Å². The van der Waals surface area contributed by atoms with Crippen molar-refractivity contribution in [2.75, 3.05) is 25.0 Å². The van der Waals surface area contributed by atoms with E-state index in [1.165, 1.54) is 0 Å². The van der Waals surface area contributed by atoms with Crippen molar-refractivity contribution in [3.63, 3.8) is 0 Å². The Morgan fingerprint density at radius 2 is 1.56 bits per heavy atom. The number of rotatable bonds is 20. The van der Waals surface area contributed by atoms with E-state index in [9.17, 15) is 33.9 Å². The molecule has 1 rings (SSSR count). The molecule has 0 saturated heterocycles. The minimum Gasteiger partial charge on any atom is -0.392 e. The van der Waals surface area contributed by atoms with Crippen molar-refractivity contribution in [1.29, 1.82) is 0 Å². The Balaban J connectivity index is 2.68. The maximum Gasteiger partial charge on any atom is 0.312 e. The Kier molecular flexibility index (Phi) is 17.6. The number of aldehydes is 1. The SMILES string of the molecule is CC(C)[C@H](NC(=O)CCCCCNC(=O)/C=C(\C=O)CO)C(=O)N[C@@H](CCCNC(N)=O)C(=O)Nc1ccc(CO)cc1. The number of unbranched alkanes of at least 4 members (excludes halogenated alkanes) is 2. The van der Waals surface area contributed by atoms with E-state index < -0.39 is 42.4 Å². The van der Waals surface area contributed by atoms with Gasteiger partial charge in [0, 0.05) is 36.8 Å². The molecule has 0 aliphatic heterocycles. The van der Waals surface area contributed by atoms with Crippen LogP contribution in [0.25, 0.3) is 0 Å². The third-order valence-electron chi connectivity index (χ3n) is 6.30. The van der Waals surface area contributed by atoms with E-state index in [1.807, 2.05) is 0 Å². The molecule has 1 aromatic carbocycles. The smallest absolute Gasteiger partial charge is 0.312 e. The molecule has 0 fully saturated rings. The summed E-state index contributed by atoms with van der Waals surface area (Å²) < 4.78 is 0. The highest BCUT2D eigenvalue weighted by atomic mass is 16.3. The number of hydrogen-bond donors (Lipinski definition) is 8. The van der Waals surface area contributed by atoms with Gasteiger partial charge in [-0.1, -0.05) is 32.4 Å². The van der Waals surface area contributed by atoms with E-state index in [4.69, 9.17) is 10.8 Å². The van der Waals surface area contributed by atoms with Crippen molar-refractivity contribution in [3.05, 3.63) is 41.5 Å². The Bertz CT molecular complexity index is 1110. The molecule has 0 heterocycles. The molecule has 1 aromatic rings. The van der Waals surface area contributed by atoms with Gasteiger partial charge < -0.3 is 42.5 Å². The molecule has 14 nitrogen and oxygen atoms in total. The predicted octanol–water partition coefficient (Wildman–Crippen LogP) is -0.0143. The lowest BCUT2D eigenvalue weighted by atomic mass is 10.0. The summed E-state index contributed by atoms with van der Waals surface area (Å²) in [5.74, 6) is -2.13. The van der Waals surface area contributed by atoms with E-state index in [0.29, 0.717) is 49.8 Å². The first-order valence-corrected chi connectivity index (χ1v) is 14.2. The van der Waals surface area contributed by atoms with Crippen molar-refractivity contribution < 1.29 is 39.0 Å². The lowest BCUT2D eigenvalue weighted by Gasteiger charge is -2.25. The molecule has 9 N–H and O–H groups in total. The summed E-state index contributed by atoms with van der Waals surface area (Å²) in [4.78, 5) is 72.2. The van der Waals surface area contributed by atoms with Crippen molar-refractivity contribution in [3.8, 4) is 0 Å². The van der Waals surface area contributed by atoms with E-state index >= 15 is 0 Å². The molecule has 0 unspecified atom stereocenters. The molecule has 0 aliphatic carbocycles. The zero-order valence-electron chi connectivity index (χ0n) is 24.7. The van der Waals surface area contributed by atoms with Gasteiger partial charge in [-0.25, -0.2) is 4.79 Å². The zero-order chi connectivity index (χ0) is 32.2. The van der Waals surface area contributed by atoms with Gasteiger partial charge in [-0.2, -0.15) is 0 Å². The maximum atomic E-state index is 13.2. The average Bonchev–Trinajstić information content (AvgIpc) is 2.97. The van der Waals surface area contributed by atoms with E-state index in [2.05, 4.69) is 26.6 Å². The van der Waals surface area contributed by atoms with Crippen LogP contribution in [0, 0.1) is 5.92 Å². The van der Waals surface area contributed by atoms with Crippen LogP contribution in [0.2, 0.25) is 0 Å². The van der Waals surface area contributed by atoms with E-state index in [1.54, 1.807) is 38.1 Å². The normalized spacial score (nSPS) is 12.5. The Hall–Kier alpha value is -4.30. The second kappa shape index (κ2) is 20.6. The summed E-state index contributed by atoms with van der Waals surface area (Å²) in [6, 6.07) is 3.98. The Morgan fingerprint density at radius 1 is 0.884 bits per heavy atom. The van der Waals surface area contributed by atoms with Crippen LogP contribution in [0.5, 0.6) is 0 Å². The number of carbonyl (C=O) groups excluding carboxylic acids is 6. The minimum absolute atomic E-state index is 0.0292. The summed E-state index contributed by atoms with van der Waals surface area (Å²) in [7, 11) is 0. The van der Waals surface area contributed by atoms with Crippen LogP contribution in [0.15, 0.2) is 35.9 Å². The number of aliphatic hydroxyl groups excluding tert-OH is 2. The van der Waals surface area contributed by atoms with Gasteiger partial charge in [0.15, 0.2) is 0 Å². The highest BCUT2D eigenvalue weighted by Crippen LogP contribution is 2.12. The highest BCUT2D eigenvalue weighted by molar-refractivity contribution is 5.98. The molecule has 43 heavy (non-hydrogen) atoms. The fraction of sp³-hybridized carbons (Fsp3) is 0.517. The molecule has 2 atom stereocenters. The standard InChI is InChI=1S/C29H44N6O8/c1-19(2)26(35-24(39)8-4-3-5-13-31-25(40)15-21(17-37)18-38)28(42)34-23(7-6-14-32-29(30)43)27(41)33-22-11-9-20(16-36)10-12-22/h9-12,15,17,19,23,26,36,38H,3-8,13-14,16,18H2,1-2H3,(H,31,40)(H,33,41)(H,34,42)(H,35,39)(H3,30,32,43)/b21-15+/t23-,26-/m0/s1. The molecule has 0 saturated carbocycles. The Labute approximate surface area is 251 Å². The number of carbonyl (C=O) groups is 6. The number of urea groups is 1. The number of primary amides is 1. The topological polar surface area (TPSA) is 229 Å². The minimum atomic E-state index is -0.970. The number of benzene rings is 1. The van der Waals surface area contributed by atoms with Crippen LogP contribution >= 0.6 is 0 Å². The largest absolute Gasteiger partial charge is 0.392 e. The number of nitrogens with one attached hydrogen (secondary N) is 5. The van der Waals surface area contributed by atoms with Crippen molar-refractivity contribution >= 4 is 41.6 Å². The summed E-state index contributed by atoms with van der Waals surface area (Å²) in [5, 5.41) is 31.4. The number of hydrogen-bond acceptors (Lipinski definition) is 8. The summed E-state index contributed by atoms with van der Waals surface area (Å²) >= 11 is 0. The second-order valence-corrected chi connectivity index (χ2v) is 10.2. The zero-order valence-corrected chi connectivity index (χ0v) is 24.7. The predicted molar refractivity (Wildman–Crippen MR) is 159 cm³/mol. The lowest BCUT2D eigenvalue weighted by Crippen LogP contribution is -2.54. The van der Waals surface area contributed by atoms with Crippen LogP contribution in [-0.4, -0.2) is 77.9 Å². The molecule has 0 aliphatic rings. The fourth-order valence-electron chi connectivity index (χ4n) is 3.89. The van der Waals surface area contributed by atoms with Gasteiger partial charge in [0.1, 0.15) is 18.4 Å². The van der Waals surface area contributed by atoms with Gasteiger partial charge in [-0.3, -0.25) is 24.0 Å². The lowest BCUT2D eigenvalue weighted by molar-refractivity contribution is -0.132. The quantitative estimate of drug-likeness (QED) is 0.0572. The van der Waals surface area contributed by atoms with Gasteiger partial charge in [-0.05, 0) is 49.3 Å². The molecular formula is C29H44N6O8. The van der Waals surface area contributed by atoms with Crippen LogP contribution in [0.4, 0.5) is 10.5 Å². The number of nitrogens with two attached hydrogens (primary N) is 1. The van der Waals surface area contributed by atoms with Gasteiger partial charge in [0.05, 0.1) is 13.2 Å². The second-order valence-electron chi connectivity index (χ2n) is 10.2. The third-order valence-corrected chi connectivity index (χ3v) is 6.30. The molecule has 238 valence electrons. The van der Waals surface area contributed by atoms with Crippen LogP contribution in [-0.2, 0) is 30.6 Å². The Morgan fingerprint density at radius 3 is 2.14 bits per heavy atom. The molecule has 0 spiro atoms. The van der Waals surface area contributed by atoms with Gasteiger partial charge >= 0.3 is 6.03 Å². The fourth-order valence-corrected chi connectivity index (χ4v) is 3.89. The first-order chi connectivity index (χ1) is 20.5. The summed E-state index contributed by atoms with van der Waals surface area (Å²) in [5.41, 5.74) is 6.21. The van der Waals surface area contributed by atoms with Gasteiger partial charge in [0.2, 0.25) is 23.6 Å². The average molecular weight is 605 g/mol. The van der Waals surface area contributed by atoms with Crippen molar-refractivity contribution in [1.82, 2.24) is 21.3 Å². The van der Waals surface area contributed by atoms with Crippen molar-refractivity contribution in [2.24, 2.45) is 11.7 Å². The third kappa shape index (κ3) is 15.5.